The predicted molar refractivity (Wildman–Crippen MR) is 90.1 cm³/mol. The average Bonchev–Trinajstić information content (AvgIpc) is 2.93. The molecule has 3 nitrogen and oxygen atoms in total. The van der Waals surface area contributed by atoms with Crippen LogP contribution in [0.2, 0.25) is 0 Å². The van der Waals surface area contributed by atoms with Crippen molar-refractivity contribution < 1.29 is 4.74 Å². The van der Waals surface area contributed by atoms with Crippen molar-refractivity contribution in [1.29, 1.82) is 0 Å². The van der Waals surface area contributed by atoms with E-state index in [1.54, 1.807) is 12.0 Å². The van der Waals surface area contributed by atoms with Gasteiger partial charge in [0, 0.05) is 18.5 Å². The second-order valence-corrected chi connectivity index (χ2v) is 7.09. The van der Waals surface area contributed by atoms with Crippen LogP contribution in [0.25, 0.3) is 0 Å². The van der Waals surface area contributed by atoms with E-state index in [2.05, 4.69) is 12.2 Å². The van der Waals surface area contributed by atoms with Crippen molar-refractivity contribution in [1.82, 2.24) is 10.3 Å². The third-order valence-corrected chi connectivity index (χ3v) is 5.47. The molecule has 1 aliphatic carbocycles. The number of hydrogen-bond acceptors (Lipinski definition) is 4. The zero-order valence-corrected chi connectivity index (χ0v) is 14.4. The Labute approximate surface area is 133 Å². The molecule has 0 aliphatic heterocycles. The standard InChI is InChI=1S/C17H30N2OS/c1-3-4-5-6-10-15(18-12-13-20-2)17-19-14-9-7-8-11-16(14)21-17/h15,18H,3-13H2,1-2H3. The summed E-state index contributed by atoms with van der Waals surface area (Å²) in [7, 11) is 1.76. The van der Waals surface area contributed by atoms with Gasteiger partial charge >= 0.3 is 0 Å². The first kappa shape index (κ1) is 16.9. The number of thiazole rings is 1. The van der Waals surface area contributed by atoms with Gasteiger partial charge in [-0.15, -0.1) is 11.3 Å². The second-order valence-electron chi connectivity index (χ2n) is 5.98. The molecule has 1 N–H and O–H groups in total. The number of unbranched alkanes of at least 4 members (excludes halogenated alkanes) is 3. The Morgan fingerprint density at radius 2 is 2.10 bits per heavy atom. The topological polar surface area (TPSA) is 34.1 Å². The monoisotopic (exact) mass is 310 g/mol. The molecule has 1 aromatic rings. The van der Waals surface area contributed by atoms with Gasteiger partial charge in [-0.1, -0.05) is 32.6 Å². The molecule has 0 radical (unpaired) electrons. The lowest BCUT2D eigenvalue weighted by molar-refractivity contribution is 0.194. The van der Waals surface area contributed by atoms with Crippen molar-refractivity contribution in [2.24, 2.45) is 0 Å². The van der Waals surface area contributed by atoms with Crippen LogP contribution in [-0.4, -0.2) is 25.2 Å². The Morgan fingerprint density at radius 3 is 2.86 bits per heavy atom. The number of aromatic nitrogens is 1. The number of aryl methyl sites for hydroxylation is 2. The van der Waals surface area contributed by atoms with E-state index in [4.69, 9.17) is 9.72 Å². The highest BCUT2D eigenvalue weighted by molar-refractivity contribution is 7.11. The summed E-state index contributed by atoms with van der Waals surface area (Å²) in [5, 5.41) is 4.96. The molecule has 0 bridgehead atoms. The van der Waals surface area contributed by atoms with Crippen molar-refractivity contribution in [2.75, 3.05) is 20.3 Å². The zero-order valence-electron chi connectivity index (χ0n) is 13.6. The molecular formula is C17H30N2OS. The molecule has 1 aromatic heterocycles. The van der Waals surface area contributed by atoms with Gasteiger partial charge in [0.1, 0.15) is 5.01 Å². The molecule has 1 unspecified atom stereocenters. The molecule has 2 rings (SSSR count). The van der Waals surface area contributed by atoms with E-state index >= 15 is 0 Å². The third-order valence-electron chi connectivity index (χ3n) is 4.20. The largest absolute Gasteiger partial charge is 0.383 e. The van der Waals surface area contributed by atoms with E-state index in [-0.39, 0.29) is 0 Å². The van der Waals surface area contributed by atoms with Crippen LogP contribution in [0.3, 0.4) is 0 Å². The van der Waals surface area contributed by atoms with E-state index in [0.717, 1.165) is 13.2 Å². The molecule has 0 spiro atoms. The highest BCUT2D eigenvalue weighted by atomic mass is 32.1. The van der Waals surface area contributed by atoms with Crippen LogP contribution < -0.4 is 5.32 Å². The van der Waals surface area contributed by atoms with Gasteiger partial charge in [0.05, 0.1) is 18.3 Å². The van der Waals surface area contributed by atoms with Crippen molar-refractivity contribution in [3.8, 4) is 0 Å². The normalized spacial score (nSPS) is 15.9. The Morgan fingerprint density at radius 1 is 1.24 bits per heavy atom. The van der Waals surface area contributed by atoms with Gasteiger partial charge in [0.25, 0.3) is 0 Å². The minimum atomic E-state index is 0.424. The summed E-state index contributed by atoms with van der Waals surface area (Å²) in [6.07, 6.45) is 11.6. The number of rotatable bonds is 10. The number of nitrogens with zero attached hydrogens (tertiary/aromatic N) is 1. The molecule has 21 heavy (non-hydrogen) atoms. The Balaban J connectivity index is 1.93. The molecule has 0 fully saturated rings. The van der Waals surface area contributed by atoms with Gasteiger partial charge in [-0.25, -0.2) is 4.98 Å². The van der Waals surface area contributed by atoms with Crippen molar-refractivity contribution in [3.63, 3.8) is 0 Å². The first-order valence-electron chi connectivity index (χ1n) is 8.56. The maximum Gasteiger partial charge on any atom is 0.110 e. The smallest absolute Gasteiger partial charge is 0.110 e. The fourth-order valence-corrected chi connectivity index (χ4v) is 4.21. The molecule has 0 saturated heterocycles. The van der Waals surface area contributed by atoms with Crippen LogP contribution in [0.15, 0.2) is 0 Å². The number of nitrogens with one attached hydrogen (secondary N) is 1. The maximum absolute atomic E-state index is 5.17. The van der Waals surface area contributed by atoms with Crippen LogP contribution in [0.5, 0.6) is 0 Å². The SMILES string of the molecule is CCCCCCC(NCCOC)c1nc2c(s1)CCCC2. The van der Waals surface area contributed by atoms with E-state index in [9.17, 15) is 0 Å². The average molecular weight is 311 g/mol. The van der Waals surface area contributed by atoms with Crippen LogP contribution in [-0.2, 0) is 17.6 Å². The maximum atomic E-state index is 5.17. The minimum Gasteiger partial charge on any atom is -0.383 e. The van der Waals surface area contributed by atoms with E-state index in [1.165, 1.54) is 68.5 Å². The summed E-state index contributed by atoms with van der Waals surface area (Å²) >= 11 is 1.95. The van der Waals surface area contributed by atoms with Crippen molar-refractivity contribution in [2.45, 2.75) is 70.8 Å². The lowest BCUT2D eigenvalue weighted by Crippen LogP contribution is -2.25. The van der Waals surface area contributed by atoms with Crippen LogP contribution in [0, 0.1) is 0 Å². The van der Waals surface area contributed by atoms with Gasteiger partial charge in [-0.3, -0.25) is 0 Å². The molecule has 0 saturated carbocycles. The van der Waals surface area contributed by atoms with Gasteiger partial charge < -0.3 is 10.1 Å². The van der Waals surface area contributed by atoms with E-state index in [1.807, 2.05) is 11.3 Å². The zero-order chi connectivity index (χ0) is 14.9. The molecule has 0 aromatic carbocycles. The lowest BCUT2D eigenvalue weighted by atomic mass is 10.0. The third kappa shape index (κ3) is 5.35. The molecule has 0 amide bonds. The molecule has 1 aliphatic rings. The van der Waals surface area contributed by atoms with Gasteiger partial charge in [-0.2, -0.15) is 0 Å². The van der Waals surface area contributed by atoms with Gasteiger partial charge in [0.15, 0.2) is 0 Å². The molecular weight excluding hydrogens is 280 g/mol. The molecule has 1 heterocycles. The summed E-state index contributed by atoms with van der Waals surface area (Å²) in [6.45, 7) is 3.96. The highest BCUT2D eigenvalue weighted by Gasteiger charge is 2.20. The quantitative estimate of drug-likeness (QED) is 0.655. The van der Waals surface area contributed by atoms with E-state index in [0.29, 0.717) is 6.04 Å². The molecule has 1 atom stereocenters. The summed E-state index contributed by atoms with van der Waals surface area (Å²) in [5.74, 6) is 0. The Kier molecular flexibility index (Phi) is 7.69. The second kappa shape index (κ2) is 9.54. The van der Waals surface area contributed by atoms with Crippen LogP contribution in [0.4, 0.5) is 0 Å². The first-order chi connectivity index (χ1) is 10.3. The Hall–Kier alpha value is -0.450. The predicted octanol–water partition coefficient (Wildman–Crippen LogP) is 4.27. The number of fused-ring (bicyclic) bond motifs is 1. The fourth-order valence-electron chi connectivity index (χ4n) is 2.94. The summed E-state index contributed by atoms with van der Waals surface area (Å²) in [6, 6.07) is 0.424. The van der Waals surface area contributed by atoms with Crippen LogP contribution >= 0.6 is 11.3 Å². The first-order valence-corrected chi connectivity index (χ1v) is 9.37. The summed E-state index contributed by atoms with van der Waals surface area (Å²) in [5.41, 5.74) is 1.38. The van der Waals surface area contributed by atoms with Gasteiger partial charge in [-0.05, 0) is 32.1 Å². The number of methoxy groups -OCH3 is 1. The van der Waals surface area contributed by atoms with E-state index < -0.39 is 0 Å². The minimum absolute atomic E-state index is 0.424. The van der Waals surface area contributed by atoms with Crippen molar-refractivity contribution >= 4 is 11.3 Å². The van der Waals surface area contributed by atoms with Crippen molar-refractivity contribution in [3.05, 3.63) is 15.6 Å². The summed E-state index contributed by atoms with van der Waals surface area (Å²) in [4.78, 5) is 6.49. The number of ether oxygens (including phenoxy) is 1. The summed E-state index contributed by atoms with van der Waals surface area (Å²) < 4.78 is 5.17. The molecule has 4 heteroatoms. The molecule has 120 valence electrons. The highest BCUT2D eigenvalue weighted by Crippen LogP contribution is 2.31. The lowest BCUT2D eigenvalue weighted by Gasteiger charge is -2.16. The Bertz CT molecular complexity index is 382. The fraction of sp³-hybridized carbons (Fsp3) is 0.824. The number of hydrogen-bond donors (Lipinski definition) is 1. The van der Waals surface area contributed by atoms with Gasteiger partial charge in [0.2, 0.25) is 0 Å². The van der Waals surface area contributed by atoms with Crippen LogP contribution in [0.1, 0.15) is 73.5 Å².